The summed E-state index contributed by atoms with van der Waals surface area (Å²) in [6.07, 6.45) is 7.69. The fourth-order valence-electron chi connectivity index (χ4n) is 5.01. The van der Waals surface area contributed by atoms with Crippen LogP contribution in [0, 0.1) is 6.92 Å². The highest BCUT2D eigenvalue weighted by Gasteiger charge is 2.22. The van der Waals surface area contributed by atoms with Gasteiger partial charge >= 0.3 is 5.97 Å². The zero-order valence-electron chi connectivity index (χ0n) is 18.6. The molecule has 5 aromatic rings. The molecule has 1 N–H and O–H groups in total. The van der Waals surface area contributed by atoms with Crippen LogP contribution in [0.5, 0.6) is 5.75 Å². The lowest BCUT2D eigenvalue weighted by Gasteiger charge is -2.22. The van der Waals surface area contributed by atoms with Crippen molar-refractivity contribution in [3.8, 4) is 28.0 Å². The molecular formula is C28H21N3O3. The van der Waals surface area contributed by atoms with Crippen molar-refractivity contribution in [1.82, 2.24) is 15.0 Å². The molecule has 1 aliphatic rings. The molecule has 0 bridgehead atoms. The summed E-state index contributed by atoms with van der Waals surface area (Å²) in [5, 5.41) is 12.8. The fraction of sp³-hybridized carbons (Fsp3) is 0.143. The number of carboxylic acid groups (broad SMARTS) is 1. The van der Waals surface area contributed by atoms with Crippen LogP contribution in [0.2, 0.25) is 0 Å². The van der Waals surface area contributed by atoms with Crippen molar-refractivity contribution < 1.29 is 14.6 Å². The summed E-state index contributed by atoms with van der Waals surface area (Å²) < 4.78 is 5.91. The predicted molar refractivity (Wildman–Crippen MR) is 131 cm³/mol. The number of fused-ring (bicyclic) bond motifs is 1. The van der Waals surface area contributed by atoms with Crippen LogP contribution in [-0.2, 0) is 17.6 Å². The maximum Gasteiger partial charge on any atom is 0.307 e. The molecule has 1 aliphatic heterocycles. The first-order valence-electron chi connectivity index (χ1n) is 11.2. The van der Waals surface area contributed by atoms with E-state index in [1.165, 1.54) is 11.9 Å². The van der Waals surface area contributed by atoms with E-state index in [1.807, 2.05) is 37.4 Å². The van der Waals surface area contributed by atoms with Crippen molar-refractivity contribution in [2.75, 3.05) is 6.61 Å². The number of hydrogen-bond donors (Lipinski definition) is 1. The van der Waals surface area contributed by atoms with Crippen LogP contribution in [0.15, 0.2) is 67.4 Å². The van der Waals surface area contributed by atoms with Crippen LogP contribution in [-0.4, -0.2) is 32.6 Å². The number of pyridine rings is 1. The highest BCUT2D eigenvalue weighted by Crippen LogP contribution is 2.42. The second-order valence-corrected chi connectivity index (χ2v) is 8.58. The second-order valence-electron chi connectivity index (χ2n) is 8.58. The van der Waals surface area contributed by atoms with E-state index in [9.17, 15) is 9.90 Å². The van der Waals surface area contributed by atoms with Gasteiger partial charge in [0.25, 0.3) is 0 Å². The second kappa shape index (κ2) is 7.92. The van der Waals surface area contributed by atoms with E-state index in [4.69, 9.17) is 9.72 Å². The van der Waals surface area contributed by atoms with Gasteiger partial charge in [-0.2, -0.15) is 0 Å². The summed E-state index contributed by atoms with van der Waals surface area (Å²) in [6.45, 7) is 2.62. The molecule has 166 valence electrons. The molecule has 34 heavy (non-hydrogen) atoms. The Hall–Kier alpha value is -4.32. The minimum Gasteiger partial charge on any atom is -0.493 e. The SMILES string of the molecule is Cc1cc2cc(-c3cncnc3)ccc2c(-c2ccc3c4c(ccnc24)CCO3)c1CC(=O)O. The number of ether oxygens (including phenoxy) is 1. The van der Waals surface area contributed by atoms with Crippen molar-refractivity contribution in [3.63, 3.8) is 0 Å². The van der Waals surface area contributed by atoms with Gasteiger partial charge in [-0.1, -0.05) is 18.2 Å². The maximum atomic E-state index is 11.9. The van der Waals surface area contributed by atoms with Crippen molar-refractivity contribution in [1.29, 1.82) is 0 Å². The van der Waals surface area contributed by atoms with Gasteiger partial charge < -0.3 is 9.84 Å². The molecule has 6 rings (SSSR count). The fourth-order valence-corrected chi connectivity index (χ4v) is 5.01. The van der Waals surface area contributed by atoms with Crippen molar-refractivity contribution >= 4 is 27.6 Å². The van der Waals surface area contributed by atoms with E-state index >= 15 is 0 Å². The molecule has 0 saturated heterocycles. The summed E-state index contributed by atoms with van der Waals surface area (Å²) >= 11 is 0. The van der Waals surface area contributed by atoms with E-state index in [0.29, 0.717) is 6.61 Å². The van der Waals surface area contributed by atoms with Crippen LogP contribution in [0.25, 0.3) is 43.9 Å². The van der Waals surface area contributed by atoms with Crippen LogP contribution in [0.1, 0.15) is 16.7 Å². The number of aliphatic carboxylic acids is 1. The smallest absolute Gasteiger partial charge is 0.307 e. The Morgan fingerprint density at radius 1 is 1.06 bits per heavy atom. The molecule has 0 aliphatic carbocycles. The first kappa shape index (κ1) is 20.3. The van der Waals surface area contributed by atoms with Crippen LogP contribution in [0.4, 0.5) is 0 Å². The van der Waals surface area contributed by atoms with Gasteiger partial charge in [0.1, 0.15) is 12.1 Å². The minimum atomic E-state index is -0.860. The Labute approximate surface area is 195 Å². The molecule has 0 unspecified atom stereocenters. The monoisotopic (exact) mass is 447 g/mol. The summed E-state index contributed by atoms with van der Waals surface area (Å²) in [5.74, 6) is -0.0306. The Morgan fingerprint density at radius 2 is 1.91 bits per heavy atom. The number of aromatic nitrogens is 3. The standard InChI is InChI=1S/C28H21N3O3/c1-16-10-19-11-18(20-13-29-15-30-14-20)2-3-21(19)27(23(16)12-25(32)33)22-4-5-24-26-17(7-9-34-24)6-8-31-28(22)26/h2-6,8,10-11,13-15H,7,9,12H2,1H3,(H,32,33). The quantitative estimate of drug-likeness (QED) is 0.398. The average Bonchev–Trinajstić information content (AvgIpc) is 2.85. The number of carboxylic acids is 1. The molecule has 2 aromatic heterocycles. The molecule has 0 spiro atoms. The summed E-state index contributed by atoms with van der Waals surface area (Å²) in [5.41, 5.74) is 7.55. The Balaban J connectivity index is 1.68. The topological polar surface area (TPSA) is 85.2 Å². The van der Waals surface area contributed by atoms with Gasteiger partial charge in [-0.25, -0.2) is 9.97 Å². The van der Waals surface area contributed by atoms with Gasteiger partial charge in [0.05, 0.1) is 18.5 Å². The highest BCUT2D eigenvalue weighted by molar-refractivity contribution is 6.09. The lowest BCUT2D eigenvalue weighted by molar-refractivity contribution is -0.136. The zero-order valence-corrected chi connectivity index (χ0v) is 18.6. The third-order valence-corrected chi connectivity index (χ3v) is 6.53. The van der Waals surface area contributed by atoms with E-state index in [0.717, 1.165) is 67.2 Å². The Kier molecular flexibility index (Phi) is 4.73. The Bertz CT molecular complexity index is 1590. The third-order valence-electron chi connectivity index (χ3n) is 6.53. The zero-order chi connectivity index (χ0) is 23.2. The summed E-state index contributed by atoms with van der Waals surface area (Å²) in [7, 11) is 0. The Morgan fingerprint density at radius 3 is 2.74 bits per heavy atom. The van der Waals surface area contributed by atoms with Crippen LogP contribution >= 0.6 is 0 Å². The van der Waals surface area contributed by atoms with Crippen molar-refractivity contribution in [2.45, 2.75) is 19.8 Å². The van der Waals surface area contributed by atoms with E-state index in [2.05, 4.69) is 28.2 Å². The number of hydrogen-bond acceptors (Lipinski definition) is 5. The molecule has 0 amide bonds. The average molecular weight is 447 g/mol. The molecule has 0 atom stereocenters. The molecule has 3 aromatic carbocycles. The van der Waals surface area contributed by atoms with Gasteiger partial charge in [0, 0.05) is 41.5 Å². The number of benzene rings is 3. The molecular weight excluding hydrogens is 426 g/mol. The predicted octanol–water partition coefficient (Wildman–Crippen LogP) is 5.38. The van der Waals surface area contributed by atoms with Crippen molar-refractivity contribution in [2.24, 2.45) is 0 Å². The number of rotatable bonds is 4. The van der Waals surface area contributed by atoms with Gasteiger partial charge in [-0.15, -0.1) is 0 Å². The molecule has 6 nitrogen and oxygen atoms in total. The van der Waals surface area contributed by atoms with Gasteiger partial charge in [-0.3, -0.25) is 9.78 Å². The van der Waals surface area contributed by atoms with Gasteiger partial charge in [0.15, 0.2) is 0 Å². The number of carbonyl (C=O) groups is 1. The number of nitrogens with zero attached hydrogens (tertiary/aromatic N) is 3. The normalized spacial score (nSPS) is 12.6. The lowest BCUT2D eigenvalue weighted by Crippen LogP contribution is -2.10. The van der Waals surface area contributed by atoms with Crippen molar-refractivity contribution in [3.05, 3.63) is 84.1 Å². The first-order valence-corrected chi connectivity index (χ1v) is 11.2. The lowest BCUT2D eigenvalue weighted by atomic mass is 9.86. The maximum absolute atomic E-state index is 11.9. The van der Waals surface area contributed by atoms with Gasteiger partial charge in [-0.05, 0) is 69.8 Å². The van der Waals surface area contributed by atoms with Gasteiger partial charge in [0.2, 0.25) is 0 Å². The van der Waals surface area contributed by atoms with E-state index in [-0.39, 0.29) is 6.42 Å². The first-order chi connectivity index (χ1) is 16.6. The summed E-state index contributed by atoms with van der Waals surface area (Å²) in [6, 6.07) is 14.3. The third kappa shape index (κ3) is 3.27. The molecule has 6 heteroatoms. The molecule has 3 heterocycles. The largest absolute Gasteiger partial charge is 0.493 e. The highest BCUT2D eigenvalue weighted by atomic mass is 16.5. The number of aryl methyl sites for hydroxylation is 1. The van der Waals surface area contributed by atoms with Crippen LogP contribution < -0.4 is 4.74 Å². The molecule has 0 fully saturated rings. The summed E-state index contributed by atoms with van der Waals surface area (Å²) in [4.78, 5) is 24.9. The van der Waals surface area contributed by atoms with E-state index in [1.54, 1.807) is 12.4 Å². The molecule has 0 radical (unpaired) electrons. The minimum absolute atomic E-state index is 0.0647. The van der Waals surface area contributed by atoms with E-state index < -0.39 is 5.97 Å². The molecule has 0 saturated carbocycles. The van der Waals surface area contributed by atoms with Crippen LogP contribution in [0.3, 0.4) is 0 Å².